The Balaban J connectivity index is 4.50. The van der Waals surface area contributed by atoms with Crippen LogP contribution in [0.5, 0.6) is 0 Å². The molecular formula is C10H16NO+. The quantitative estimate of drug-likeness (QED) is 0.224. The van der Waals surface area contributed by atoms with E-state index in [1.54, 1.807) is 12.2 Å². The highest BCUT2D eigenvalue weighted by atomic mass is 16.5. The van der Waals surface area contributed by atoms with Crippen LogP contribution < -0.4 is 0 Å². The lowest BCUT2D eigenvalue weighted by atomic mass is 10.0. The van der Waals surface area contributed by atoms with Gasteiger partial charge in [0.2, 0.25) is 12.4 Å². The van der Waals surface area contributed by atoms with Crippen LogP contribution in [0.2, 0.25) is 0 Å². The van der Waals surface area contributed by atoms with Crippen LogP contribution in [-0.4, -0.2) is 16.2 Å². The Bertz CT molecular complexity index is 224. The van der Waals surface area contributed by atoms with Crippen LogP contribution in [0.3, 0.4) is 0 Å². The molecule has 12 heavy (non-hydrogen) atoms. The van der Waals surface area contributed by atoms with Crippen LogP contribution >= 0.6 is 0 Å². The van der Waals surface area contributed by atoms with Crippen molar-refractivity contribution < 1.29 is 9.95 Å². The van der Waals surface area contributed by atoms with Crippen molar-refractivity contribution in [1.29, 1.82) is 0 Å². The molecule has 0 unspecified atom stereocenters. The molecule has 0 aromatic carbocycles. The first-order valence-corrected chi connectivity index (χ1v) is 3.89. The van der Waals surface area contributed by atoms with E-state index in [9.17, 15) is 0 Å². The summed E-state index contributed by atoms with van der Waals surface area (Å²) in [5.74, 6) is 0.414. The zero-order chi connectivity index (χ0) is 9.56. The molecule has 2 nitrogen and oxygen atoms in total. The summed E-state index contributed by atoms with van der Waals surface area (Å²) < 4.78 is 0.909. The summed E-state index contributed by atoms with van der Waals surface area (Å²) in [7, 11) is 0. The molecular weight excluding hydrogens is 150 g/mol. The molecule has 0 bridgehead atoms. The van der Waals surface area contributed by atoms with Gasteiger partial charge >= 0.3 is 0 Å². The molecule has 1 N–H and O–H groups in total. The van der Waals surface area contributed by atoms with Gasteiger partial charge in [0.25, 0.3) is 0 Å². The van der Waals surface area contributed by atoms with Crippen LogP contribution in [0.25, 0.3) is 0 Å². The van der Waals surface area contributed by atoms with Gasteiger partial charge in [0.05, 0.1) is 0 Å². The van der Waals surface area contributed by atoms with E-state index in [0.29, 0.717) is 5.92 Å². The largest absolute Gasteiger partial charge is 0.285 e. The fourth-order valence-corrected chi connectivity index (χ4v) is 0.719. The average Bonchev–Trinajstić information content (AvgIpc) is 2.04. The van der Waals surface area contributed by atoms with Gasteiger partial charge in [-0.3, -0.25) is 5.21 Å². The van der Waals surface area contributed by atoms with E-state index in [0.717, 1.165) is 10.3 Å². The molecule has 0 spiro atoms. The smallest absolute Gasteiger partial charge is 0.222 e. The Morgan fingerprint density at radius 2 is 2.00 bits per heavy atom. The van der Waals surface area contributed by atoms with Gasteiger partial charge in [0.1, 0.15) is 0 Å². The normalized spacial score (nSPS) is 13.2. The summed E-state index contributed by atoms with van der Waals surface area (Å²) in [4.78, 5) is 0. The second kappa shape index (κ2) is 5.35. The molecule has 2 heteroatoms. The maximum atomic E-state index is 8.96. The fraction of sp³-hybridized carbons (Fsp3) is 0.300. The third-order valence-corrected chi connectivity index (χ3v) is 1.51. The van der Waals surface area contributed by atoms with Gasteiger partial charge in [0.15, 0.2) is 0 Å². The molecule has 0 aliphatic heterocycles. The van der Waals surface area contributed by atoms with E-state index in [1.807, 2.05) is 0 Å². The lowest BCUT2D eigenvalue weighted by molar-refractivity contribution is -0.721. The van der Waals surface area contributed by atoms with Crippen LogP contribution in [0.1, 0.15) is 13.8 Å². The average molecular weight is 166 g/mol. The maximum absolute atomic E-state index is 8.96. The summed E-state index contributed by atoms with van der Waals surface area (Å²) in [6.45, 7) is 11.2. The first-order chi connectivity index (χ1) is 5.61. The van der Waals surface area contributed by atoms with E-state index >= 15 is 0 Å². The molecule has 0 saturated carbocycles. The Labute approximate surface area is 73.8 Å². The van der Waals surface area contributed by atoms with Gasteiger partial charge in [-0.05, 0) is 18.1 Å². The van der Waals surface area contributed by atoms with Crippen molar-refractivity contribution in [3.05, 3.63) is 37.1 Å². The van der Waals surface area contributed by atoms with Gasteiger partial charge in [-0.2, -0.15) is 0 Å². The van der Waals surface area contributed by atoms with E-state index < -0.39 is 0 Å². The summed E-state index contributed by atoms with van der Waals surface area (Å²) >= 11 is 0. The van der Waals surface area contributed by atoms with Gasteiger partial charge in [-0.25, -0.2) is 0 Å². The van der Waals surface area contributed by atoms with Gasteiger partial charge in [-0.15, -0.1) is 0 Å². The molecule has 0 aliphatic carbocycles. The van der Waals surface area contributed by atoms with E-state index in [-0.39, 0.29) is 0 Å². The molecule has 0 aromatic rings. The second-order valence-electron chi connectivity index (χ2n) is 2.74. The molecule has 0 atom stereocenters. The molecule has 0 amide bonds. The maximum Gasteiger partial charge on any atom is 0.222 e. The summed E-state index contributed by atoms with van der Waals surface area (Å²) in [6, 6.07) is 0. The Morgan fingerprint density at radius 3 is 2.33 bits per heavy atom. The molecule has 0 aliphatic rings. The van der Waals surface area contributed by atoms with Crippen molar-refractivity contribution in [2.75, 3.05) is 0 Å². The predicted molar refractivity (Wildman–Crippen MR) is 51.4 cm³/mol. The Morgan fingerprint density at radius 1 is 1.42 bits per heavy atom. The number of hydrogen-bond acceptors (Lipinski definition) is 1. The van der Waals surface area contributed by atoms with Crippen molar-refractivity contribution in [3.63, 3.8) is 0 Å². The lowest BCUT2D eigenvalue weighted by Crippen LogP contribution is -1.98. The zero-order valence-corrected chi connectivity index (χ0v) is 7.70. The minimum absolute atomic E-state index is 0.414. The zero-order valence-electron chi connectivity index (χ0n) is 7.70. The molecule has 0 heterocycles. The van der Waals surface area contributed by atoms with Crippen LogP contribution in [-0.2, 0) is 0 Å². The first-order valence-electron chi connectivity index (χ1n) is 3.89. The van der Waals surface area contributed by atoms with E-state index in [1.165, 1.54) is 12.4 Å². The Hall–Kier alpha value is -1.31. The van der Waals surface area contributed by atoms with Crippen molar-refractivity contribution in [2.24, 2.45) is 5.92 Å². The minimum Gasteiger partial charge on any atom is -0.285 e. The Kier molecular flexibility index (Phi) is 4.77. The number of allylic oxidation sites excluding steroid dienone is 3. The SMILES string of the molecule is C=C/C(=C\C=[N+](\O)C=C)C(C)C. The molecule has 0 rings (SSSR count). The van der Waals surface area contributed by atoms with Crippen molar-refractivity contribution in [2.45, 2.75) is 13.8 Å². The highest BCUT2D eigenvalue weighted by Crippen LogP contribution is 2.08. The van der Waals surface area contributed by atoms with Crippen molar-refractivity contribution >= 4 is 6.21 Å². The first kappa shape index (κ1) is 10.7. The van der Waals surface area contributed by atoms with E-state index in [4.69, 9.17) is 5.21 Å². The topological polar surface area (TPSA) is 23.2 Å². The molecule has 66 valence electrons. The number of hydroxylamine groups is 1. The van der Waals surface area contributed by atoms with Crippen molar-refractivity contribution in [3.8, 4) is 0 Å². The number of nitrogens with zero attached hydrogens (tertiary/aromatic N) is 1. The van der Waals surface area contributed by atoms with Crippen LogP contribution in [0, 0.1) is 5.92 Å². The third-order valence-electron chi connectivity index (χ3n) is 1.51. The molecule has 0 radical (unpaired) electrons. The summed E-state index contributed by atoms with van der Waals surface area (Å²) in [5, 5.41) is 8.96. The second-order valence-corrected chi connectivity index (χ2v) is 2.74. The molecule has 0 saturated heterocycles. The minimum atomic E-state index is 0.414. The highest BCUT2D eigenvalue weighted by molar-refractivity contribution is 5.68. The molecule has 0 fully saturated rings. The third kappa shape index (κ3) is 3.76. The van der Waals surface area contributed by atoms with Crippen molar-refractivity contribution in [1.82, 2.24) is 0 Å². The standard InChI is InChI=1S/C10H16NO/c1-5-10(9(3)4)7-8-11(12)6-2/h5-9,12H,1-2H2,3-4H3/q+1/b10-7+,11-8+. The van der Waals surface area contributed by atoms with Gasteiger partial charge < -0.3 is 0 Å². The van der Waals surface area contributed by atoms with Gasteiger partial charge in [-0.1, -0.05) is 26.5 Å². The van der Waals surface area contributed by atoms with Crippen LogP contribution in [0.15, 0.2) is 37.1 Å². The molecule has 0 aromatic heterocycles. The predicted octanol–water partition coefficient (Wildman–Crippen LogP) is 2.37. The monoisotopic (exact) mass is 166 g/mol. The van der Waals surface area contributed by atoms with Gasteiger partial charge in [0, 0.05) is 10.8 Å². The summed E-state index contributed by atoms with van der Waals surface area (Å²) in [6.07, 6.45) is 6.43. The van der Waals surface area contributed by atoms with E-state index in [2.05, 4.69) is 27.0 Å². The number of hydrogen-bond donors (Lipinski definition) is 1. The fourth-order valence-electron chi connectivity index (χ4n) is 0.719. The van der Waals surface area contributed by atoms with Crippen LogP contribution in [0.4, 0.5) is 0 Å². The highest BCUT2D eigenvalue weighted by Gasteiger charge is 1.97. The number of rotatable bonds is 4. The lowest BCUT2D eigenvalue weighted by Gasteiger charge is -2.01. The summed E-state index contributed by atoms with van der Waals surface area (Å²) in [5.41, 5.74) is 1.08.